The van der Waals surface area contributed by atoms with Gasteiger partial charge in [0.2, 0.25) is 0 Å². The zero-order chi connectivity index (χ0) is 32.9. The molecule has 3 heteroatoms. The van der Waals surface area contributed by atoms with Crippen molar-refractivity contribution in [1.29, 1.82) is 0 Å². The van der Waals surface area contributed by atoms with Gasteiger partial charge in [-0.1, -0.05) is 13.8 Å². The fraction of sp³-hybridized carbons (Fsp3) is 0.458. The van der Waals surface area contributed by atoms with Crippen LogP contribution >= 0.6 is 0 Å². The van der Waals surface area contributed by atoms with Gasteiger partial charge < -0.3 is 9.80 Å². The van der Waals surface area contributed by atoms with Crippen LogP contribution in [0, 0.1) is 0 Å². The molecule has 3 aliphatic rings. The molecule has 2 aliphatic heterocycles. The van der Waals surface area contributed by atoms with Crippen LogP contribution < -0.4 is 9.80 Å². The van der Waals surface area contributed by atoms with Crippen LogP contribution in [0.25, 0.3) is 0 Å². The van der Waals surface area contributed by atoms with Gasteiger partial charge in [-0.2, -0.15) is 0 Å². The lowest BCUT2D eigenvalue weighted by molar-refractivity contribution is 0.103. The van der Waals surface area contributed by atoms with Crippen LogP contribution in [-0.4, -0.2) is 31.8 Å². The van der Waals surface area contributed by atoms with Crippen LogP contribution in [0.4, 0.5) is 11.4 Å². The summed E-state index contributed by atoms with van der Waals surface area (Å²) >= 11 is 0. The Kier molecular flexibility index (Phi) is 1.57. The van der Waals surface area contributed by atoms with Crippen molar-refractivity contribution >= 4 is 17.2 Å². The Morgan fingerprint density at radius 2 is 1.19 bits per heavy atom. The molecule has 0 aromatic heterocycles. The maximum absolute atomic E-state index is 13.6. The fourth-order valence-electron chi connectivity index (χ4n) is 3.71. The van der Waals surface area contributed by atoms with Gasteiger partial charge in [0.1, 0.15) is 0 Å². The summed E-state index contributed by atoms with van der Waals surface area (Å²) in [5.41, 5.74) is -0.963. The van der Waals surface area contributed by atoms with E-state index in [-0.39, 0.29) is 33.6 Å². The van der Waals surface area contributed by atoms with E-state index < -0.39 is 62.7 Å². The molecular formula is C24H28N2O. The minimum atomic E-state index is -3.28. The van der Waals surface area contributed by atoms with Crippen molar-refractivity contribution in [3.63, 3.8) is 0 Å². The highest BCUT2D eigenvalue weighted by atomic mass is 16.1. The number of ketones is 1. The molecule has 2 aromatic rings. The van der Waals surface area contributed by atoms with Gasteiger partial charge in [0, 0.05) is 75.8 Å². The molecule has 2 saturated heterocycles. The Hall–Kier alpha value is -2.29. The maximum atomic E-state index is 13.6. The molecule has 1 aliphatic carbocycles. The third kappa shape index (κ3) is 2.59. The monoisotopic (exact) mass is 376 g/mol. The Morgan fingerprint density at radius 1 is 0.778 bits per heavy atom. The third-order valence-electron chi connectivity index (χ3n) is 5.15. The van der Waals surface area contributed by atoms with Crippen LogP contribution in [0.15, 0.2) is 36.4 Å². The van der Waals surface area contributed by atoms with Crippen molar-refractivity contribution < 1.29 is 26.7 Å². The van der Waals surface area contributed by atoms with Crippen molar-refractivity contribution in [3.05, 3.63) is 58.7 Å². The van der Waals surface area contributed by atoms with E-state index in [0.717, 1.165) is 0 Å². The number of carbonyl (C=O) groups is 1. The van der Waals surface area contributed by atoms with Crippen molar-refractivity contribution in [2.24, 2.45) is 0 Å². The SMILES string of the molecule is [2H]C1([2H])N(c2ccc3c(c2)C(C)(C)c2cc(N4C([2H])([2H])C([2H])([2H])C([2H])([2H])C4([2H])[2H])ccc2C3=O)C([2H])([2H])C([2H])([2H])C1([2H])[2H]. The average molecular weight is 377 g/mol. The molecule has 0 N–H and O–H groups in total. The van der Waals surface area contributed by atoms with Gasteiger partial charge in [-0.25, -0.2) is 0 Å². The minimum Gasteiger partial charge on any atom is -0.372 e. The Balaban J connectivity index is 1.69. The molecule has 2 fully saturated rings. The molecule has 5 rings (SSSR count). The van der Waals surface area contributed by atoms with E-state index in [2.05, 4.69) is 0 Å². The Bertz CT molecular complexity index is 1400. The zero-order valence-electron chi connectivity index (χ0n) is 30.8. The van der Waals surface area contributed by atoms with Crippen LogP contribution in [0.5, 0.6) is 0 Å². The summed E-state index contributed by atoms with van der Waals surface area (Å²) in [7, 11) is 0. The summed E-state index contributed by atoms with van der Waals surface area (Å²) in [4.78, 5) is 14.4. The molecule has 27 heavy (non-hydrogen) atoms. The van der Waals surface area contributed by atoms with E-state index in [9.17, 15) is 4.79 Å². The first-order valence-corrected chi connectivity index (χ1v) is 8.52. The predicted molar refractivity (Wildman–Crippen MR) is 111 cm³/mol. The van der Waals surface area contributed by atoms with Gasteiger partial charge in [0.25, 0.3) is 0 Å². The largest absolute Gasteiger partial charge is 0.372 e. The molecule has 2 aromatic carbocycles. The number of anilines is 2. The molecular weight excluding hydrogens is 332 g/mol. The molecule has 0 radical (unpaired) electrons. The smallest absolute Gasteiger partial charge is 0.193 e. The highest BCUT2D eigenvalue weighted by molar-refractivity contribution is 6.13. The zero-order valence-corrected chi connectivity index (χ0v) is 14.8. The van der Waals surface area contributed by atoms with Crippen molar-refractivity contribution in [2.75, 3.05) is 35.8 Å². The average Bonchev–Trinajstić information content (AvgIpc) is 2.98. The molecule has 2 heterocycles. The van der Waals surface area contributed by atoms with Gasteiger partial charge in [0.05, 0.1) is 0 Å². The quantitative estimate of drug-likeness (QED) is 0.755. The summed E-state index contributed by atoms with van der Waals surface area (Å²) in [5, 5.41) is 0. The van der Waals surface area contributed by atoms with E-state index in [0.29, 0.717) is 9.80 Å². The first-order chi connectivity index (χ1) is 19.1. The summed E-state index contributed by atoms with van der Waals surface area (Å²) < 4.78 is 132. The van der Waals surface area contributed by atoms with Crippen molar-refractivity contribution in [1.82, 2.24) is 0 Å². The molecule has 3 nitrogen and oxygen atoms in total. The van der Waals surface area contributed by atoms with Crippen LogP contribution in [-0.2, 0) is 5.41 Å². The van der Waals surface area contributed by atoms with Crippen molar-refractivity contribution in [3.8, 4) is 0 Å². The standard InChI is InChI=1S/C24H28N2O/c1-24(2)21-15-17(25-11-3-4-12-25)7-9-19(21)23(27)20-10-8-18(16-22(20)24)26-13-5-6-14-26/h7-10,15-16H,3-6,11-14H2,1-2H3/i3D2,4D2,5D2,6D2,11D2,12D2,13D2,14D2. The summed E-state index contributed by atoms with van der Waals surface area (Å²) in [6.07, 6.45) is -13.1. The lowest BCUT2D eigenvalue weighted by Gasteiger charge is -2.36. The number of hydrogen-bond acceptors (Lipinski definition) is 3. The normalized spacial score (nSPS) is 44.4. The first kappa shape index (κ1) is 6.95. The van der Waals surface area contributed by atoms with E-state index in [1.54, 1.807) is 13.8 Å². The van der Waals surface area contributed by atoms with Crippen LogP contribution in [0.2, 0.25) is 0 Å². The maximum Gasteiger partial charge on any atom is 0.193 e. The van der Waals surface area contributed by atoms with Crippen LogP contribution in [0.1, 0.15) is 88.3 Å². The van der Waals surface area contributed by atoms with Gasteiger partial charge >= 0.3 is 0 Å². The summed E-state index contributed by atoms with van der Waals surface area (Å²) in [5.74, 6) is -0.529. The second kappa shape index (κ2) is 6.12. The number of hydrogen-bond donors (Lipinski definition) is 0. The number of benzene rings is 2. The summed E-state index contributed by atoms with van der Waals surface area (Å²) in [6.45, 7) is -9.36. The molecule has 0 unspecified atom stereocenters. The number of carbonyl (C=O) groups excluding carboxylic acids is 1. The molecule has 0 bridgehead atoms. The lowest BCUT2D eigenvalue weighted by Crippen LogP contribution is -2.32. The first-order valence-electron chi connectivity index (χ1n) is 16.5. The second-order valence-electron chi connectivity index (χ2n) is 7.03. The van der Waals surface area contributed by atoms with E-state index in [1.807, 2.05) is 0 Å². The number of nitrogens with zero attached hydrogens (tertiary/aromatic N) is 2. The number of fused-ring (bicyclic) bond motifs is 2. The highest BCUT2D eigenvalue weighted by Crippen LogP contribution is 2.44. The molecule has 0 spiro atoms. The summed E-state index contributed by atoms with van der Waals surface area (Å²) in [6, 6.07) is 7.56. The van der Waals surface area contributed by atoms with Gasteiger partial charge in [-0.15, -0.1) is 0 Å². The Morgan fingerprint density at radius 3 is 1.59 bits per heavy atom. The lowest BCUT2D eigenvalue weighted by atomic mass is 9.68. The van der Waals surface area contributed by atoms with Gasteiger partial charge in [-0.3, -0.25) is 4.79 Å². The fourth-order valence-corrected chi connectivity index (χ4v) is 3.71. The highest BCUT2D eigenvalue weighted by Gasteiger charge is 2.37. The van der Waals surface area contributed by atoms with E-state index >= 15 is 0 Å². The molecule has 140 valence electrons. The molecule has 0 saturated carbocycles. The van der Waals surface area contributed by atoms with Crippen LogP contribution in [0.3, 0.4) is 0 Å². The topological polar surface area (TPSA) is 23.6 Å². The van der Waals surface area contributed by atoms with E-state index in [1.165, 1.54) is 36.4 Å². The number of rotatable bonds is 2. The van der Waals surface area contributed by atoms with Crippen molar-refractivity contribution in [2.45, 2.75) is 44.8 Å². The molecule has 0 atom stereocenters. The van der Waals surface area contributed by atoms with E-state index in [4.69, 9.17) is 21.9 Å². The second-order valence-corrected chi connectivity index (χ2v) is 7.03. The minimum absolute atomic E-state index is 0.139. The van der Waals surface area contributed by atoms with Gasteiger partial charge in [-0.05, 0) is 73.0 Å². The molecule has 0 amide bonds. The predicted octanol–water partition coefficient (Wildman–Crippen LogP) is 4.76. The third-order valence-corrected chi connectivity index (χ3v) is 5.15. The van der Waals surface area contributed by atoms with Gasteiger partial charge in [0.15, 0.2) is 5.78 Å². The Labute approximate surface area is 184 Å².